The Balaban J connectivity index is 2.38. The van der Waals surface area contributed by atoms with Crippen LogP contribution in [0.1, 0.15) is 5.56 Å². The maximum atomic E-state index is 13.3. The number of halogens is 1. The lowest BCUT2D eigenvalue weighted by atomic mass is 10.3. The van der Waals surface area contributed by atoms with Gasteiger partial charge in [0.1, 0.15) is 16.5 Å². The van der Waals surface area contributed by atoms with Crippen molar-refractivity contribution in [3.63, 3.8) is 0 Å². The Bertz CT molecular complexity index is 699. The molecule has 0 spiro atoms. The maximum absolute atomic E-state index is 13.3. The van der Waals surface area contributed by atoms with E-state index < -0.39 is 21.5 Å². The van der Waals surface area contributed by atoms with Crippen LogP contribution in [0, 0.1) is 12.7 Å². The molecule has 0 bridgehead atoms. The Morgan fingerprint density at radius 2 is 2.00 bits per heavy atom. The quantitative estimate of drug-likeness (QED) is 0.842. The van der Waals surface area contributed by atoms with Crippen LogP contribution < -0.4 is 10.5 Å². The van der Waals surface area contributed by atoms with Gasteiger partial charge in [-0.25, -0.2) is 17.8 Å². The molecule has 0 aliphatic heterocycles. The van der Waals surface area contributed by atoms with Gasteiger partial charge in [-0.2, -0.15) is 0 Å². The number of nitrogens with two attached hydrogens (primary N) is 1. The van der Waals surface area contributed by atoms with Gasteiger partial charge in [0.25, 0.3) is 10.0 Å². The molecular weight excluding hydrogens is 269 g/mol. The summed E-state index contributed by atoms with van der Waals surface area (Å²) in [5.74, 6) is -0.631. The van der Waals surface area contributed by atoms with E-state index in [0.717, 1.165) is 11.6 Å². The minimum absolute atomic E-state index is 0.147. The zero-order chi connectivity index (χ0) is 14.0. The highest BCUT2D eigenvalue weighted by atomic mass is 32.2. The molecule has 1 aromatic carbocycles. The molecule has 5 nitrogen and oxygen atoms in total. The number of hydrogen-bond donors (Lipinski definition) is 2. The summed E-state index contributed by atoms with van der Waals surface area (Å²) in [5, 5.41) is 0. The van der Waals surface area contributed by atoms with Crippen molar-refractivity contribution >= 4 is 21.5 Å². The number of benzene rings is 1. The second-order valence-corrected chi connectivity index (χ2v) is 5.63. The molecule has 0 aliphatic carbocycles. The van der Waals surface area contributed by atoms with Crippen LogP contribution in [0.2, 0.25) is 0 Å². The van der Waals surface area contributed by atoms with Crippen LogP contribution in [0.25, 0.3) is 0 Å². The van der Waals surface area contributed by atoms with E-state index >= 15 is 0 Å². The van der Waals surface area contributed by atoms with Crippen molar-refractivity contribution in [3.8, 4) is 0 Å². The van der Waals surface area contributed by atoms with Crippen LogP contribution in [0.3, 0.4) is 0 Å². The topological polar surface area (TPSA) is 85.1 Å². The molecule has 19 heavy (non-hydrogen) atoms. The third kappa shape index (κ3) is 2.82. The van der Waals surface area contributed by atoms with E-state index in [1.807, 2.05) is 6.92 Å². The first-order valence-electron chi connectivity index (χ1n) is 5.39. The Kier molecular flexibility index (Phi) is 3.39. The highest BCUT2D eigenvalue weighted by Crippen LogP contribution is 2.23. The number of para-hydroxylation sites is 1. The van der Waals surface area contributed by atoms with Crippen LogP contribution in [-0.2, 0) is 10.0 Å². The first-order chi connectivity index (χ1) is 8.90. The van der Waals surface area contributed by atoms with E-state index in [0.29, 0.717) is 0 Å². The van der Waals surface area contributed by atoms with E-state index in [2.05, 4.69) is 9.71 Å². The molecule has 7 heteroatoms. The van der Waals surface area contributed by atoms with E-state index in [4.69, 9.17) is 5.73 Å². The summed E-state index contributed by atoms with van der Waals surface area (Å²) >= 11 is 0. The zero-order valence-corrected chi connectivity index (χ0v) is 10.9. The van der Waals surface area contributed by atoms with Crippen LogP contribution in [-0.4, -0.2) is 13.4 Å². The SMILES string of the molecule is Cc1ccc(NS(=O)(=O)c2cccc(F)c2N)nc1. The van der Waals surface area contributed by atoms with Crippen molar-refractivity contribution in [3.05, 3.63) is 47.9 Å². The smallest absolute Gasteiger partial charge is 0.265 e. The van der Waals surface area contributed by atoms with E-state index in [1.165, 1.54) is 24.4 Å². The van der Waals surface area contributed by atoms with Gasteiger partial charge < -0.3 is 5.73 Å². The average Bonchev–Trinajstić information content (AvgIpc) is 2.35. The summed E-state index contributed by atoms with van der Waals surface area (Å²) < 4.78 is 39.6. The van der Waals surface area contributed by atoms with Crippen LogP contribution in [0.15, 0.2) is 41.4 Å². The summed E-state index contributed by atoms with van der Waals surface area (Å²) in [7, 11) is -3.96. The van der Waals surface area contributed by atoms with Crippen molar-refractivity contribution in [2.75, 3.05) is 10.5 Å². The van der Waals surface area contributed by atoms with Gasteiger partial charge >= 0.3 is 0 Å². The lowest BCUT2D eigenvalue weighted by Gasteiger charge is -2.09. The highest BCUT2D eigenvalue weighted by molar-refractivity contribution is 7.92. The molecule has 0 saturated heterocycles. The van der Waals surface area contributed by atoms with Crippen molar-refractivity contribution in [2.24, 2.45) is 0 Å². The molecule has 0 fully saturated rings. The van der Waals surface area contributed by atoms with Crippen LogP contribution >= 0.6 is 0 Å². The Morgan fingerprint density at radius 3 is 2.63 bits per heavy atom. The fourth-order valence-electron chi connectivity index (χ4n) is 1.47. The monoisotopic (exact) mass is 281 g/mol. The second kappa shape index (κ2) is 4.85. The van der Waals surface area contributed by atoms with Crippen LogP contribution in [0.5, 0.6) is 0 Å². The fraction of sp³-hybridized carbons (Fsp3) is 0.0833. The molecule has 2 rings (SSSR count). The molecule has 100 valence electrons. The van der Waals surface area contributed by atoms with Gasteiger partial charge in [0.05, 0.1) is 5.69 Å². The summed E-state index contributed by atoms with van der Waals surface area (Å²) in [5.41, 5.74) is 5.91. The Labute approximate surface area is 110 Å². The first kappa shape index (κ1) is 13.3. The minimum atomic E-state index is -3.96. The number of nitrogens with zero attached hydrogens (tertiary/aromatic N) is 1. The molecule has 2 aromatic rings. The van der Waals surface area contributed by atoms with Gasteiger partial charge in [-0.1, -0.05) is 12.1 Å². The normalized spacial score (nSPS) is 11.3. The number of nitrogens with one attached hydrogen (secondary N) is 1. The molecule has 0 saturated carbocycles. The standard InChI is InChI=1S/C12H12FN3O2S/c1-8-5-6-11(15-7-8)16-19(17,18)10-4-2-3-9(13)12(10)14/h2-7H,14H2,1H3,(H,15,16). The second-order valence-electron chi connectivity index (χ2n) is 3.98. The lowest BCUT2D eigenvalue weighted by Crippen LogP contribution is -2.16. The molecule has 0 amide bonds. The number of aryl methyl sites for hydroxylation is 1. The summed E-state index contributed by atoms with van der Waals surface area (Å²) in [6.07, 6.45) is 1.52. The van der Waals surface area contributed by atoms with Gasteiger partial charge in [0, 0.05) is 6.20 Å². The molecular formula is C12H12FN3O2S. The maximum Gasteiger partial charge on any atom is 0.265 e. The highest BCUT2D eigenvalue weighted by Gasteiger charge is 2.19. The summed E-state index contributed by atoms with van der Waals surface area (Å²) in [6.45, 7) is 1.83. The number of sulfonamides is 1. The molecule has 1 heterocycles. The number of rotatable bonds is 3. The van der Waals surface area contributed by atoms with Crippen molar-refractivity contribution in [1.82, 2.24) is 4.98 Å². The van der Waals surface area contributed by atoms with Gasteiger partial charge in [-0.05, 0) is 30.7 Å². The van der Waals surface area contributed by atoms with Crippen molar-refractivity contribution in [1.29, 1.82) is 0 Å². The summed E-state index contributed by atoms with van der Waals surface area (Å²) in [6, 6.07) is 6.83. The van der Waals surface area contributed by atoms with E-state index in [1.54, 1.807) is 6.07 Å². The molecule has 0 radical (unpaired) electrons. The minimum Gasteiger partial charge on any atom is -0.395 e. The largest absolute Gasteiger partial charge is 0.395 e. The van der Waals surface area contributed by atoms with Gasteiger partial charge in [-0.15, -0.1) is 0 Å². The number of aromatic nitrogens is 1. The van der Waals surface area contributed by atoms with Gasteiger partial charge in [-0.3, -0.25) is 4.72 Å². The molecule has 0 atom stereocenters. The average molecular weight is 281 g/mol. The predicted octanol–water partition coefficient (Wildman–Crippen LogP) is 1.91. The molecule has 3 N–H and O–H groups in total. The van der Waals surface area contributed by atoms with Gasteiger partial charge in [0.15, 0.2) is 0 Å². The predicted molar refractivity (Wildman–Crippen MR) is 70.6 cm³/mol. The number of pyridine rings is 1. The summed E-state index contributed by atoms with van der Waals surface area (Å²) in [4.78, 5) is 3.61. The van der Waals surface area contributed by atoms with Crippen molar-refractivity contribution < 1.29 is 12.8 Å². The zero-order valence-electron chi connectivity index (χ0n) is 10.1. The van der Waals surface area contributed by atoms with Gasteiger partial charge in [0.2, 0.25) is 0 Å². The Morgan fingerprint density at radius 1 is 1.26 bits per heavy atom. The van der Waals surface area contributed by atoms with Crippen molar-refractivity contribution in [2.45, 2.75) is 11.8 Å². The molecule has 0 aliphatic rings. The number of nitrogen functional groups attached to an aromatic ring is 1. The third-order valence-electron chi connectivity index (χ3n) is 2.45. The first-order valence-corrected chi connectivity index (χ1v) is 6.88. The Hall–Kier alpha value is -2.15. The fourth-order valence-corrected chi connectivity index (χ4v) is 2.62. The molecule has 0 unspecified atom stereocenters. The van der Waals surface area contributed by atoms with E-state index in [9.17, 15) is 12.8 Å². The van der Waals surface area contributed by atoms with E-state index in [-0.39, 0.29) is 10.7 Å². The third-order valence-corrected chi connectivity index (χ3v) is 3.87. The number of anilines is 2. The number of hydrogen-bond acceptors (Lipinski definition) is 4. The van der Waals surface area contributed by atoms with Crippen LogP contribution in [0.4, 0.5) is 15.9 Å². The molecule has 1 aromatic heterocycles. The lowest BCUT2D eigenvalue weighted by molar-refractivity contribution is 0.597.